The van der Waals surface area contributed by atoms with Crippen LogP contribution in [0.2, 0.25) is 0 Å². The van der Waals surface area contributed by atoms with Crippen molar-refractivity contribution in [3.63, 3.8) is 0 Å². The summed E-state index contributed by atoms with van der Waals surface area (Å²) in [4.78, 5) is 17.2. The molecule has 5 nitrogen and oxygen atoms in total. The standard InChI is InChI=1S/C15H22N2O3/c18-14-6-9-17-8-2-1-5-13(17)11(14)10-20-15(19)12-4-3-7-16-12/h3-4,7,11,13-14,16,18H,1-2,5-6,8-10H2. The van der Waals surface area contributed by atoms with Crippen molar-refractivity contribution in [3.05, 3.63) is 24.0 Å². The van der Waals surface area contributed by atoms with Gasteiger partial charge in [-0.15, -0.1) is 0 Å². The van der Waals surface area contributed by atoms with Gasteiger partial charge in [-0.05, 0) is 37.9 Å². The third-order valence-corrected chi connectivity index (χ3v) is 4.59. The lowest BCUT2D eigenvalue weighted by Crippen LogP contribution is -2.54. The van der Waals surface area contributed by atoms with Gasteiger partial charge in [0.1, 0.15) is 5.69 Å². The van der Waals surface area contributed by atoms with E-state index in [-0.39, 0.29) is 18.0 Å². The summed E-state index contributed by atoms with van der Waals surface area (Å²) in [7, 11) is 0. The summed E-state index contributed by atoms with van der Waals surface area (Å²) in [6, 6.07) is 3.84. The molecule has 3 rings (SSSR count). The minimum absolute atomic E-state index is 0.0444. The Bertz CT molecular complexity index is 446. The fraction of sp³-hybridized carbons (Fsp3) is 0.667. The van der Waals surface area contributed by atoms with Gasteiger partial charge in [0, 0.05) is 24.7 Å². The van der Waals surface area contributed by atoms with Crippen molar-refractivity contribution < 1.29 is 14.6 Å². The zero-order valence-electron chi connectivity index (χ0n) is 11.6. The molecule has 0 aliphatic carbocycles. The van der Waals surface area contributed by atoms with Gasteiger partial charge in [0.15, 0.2) is 0 Å². The smallest absolute Gasteiger partial charge is 0.354 e. The predicted molar refractivity (Wildman–Crippen MR) is 74.4 cm³/mol. The molecule has 1 aromatic rings. The molecule has 110 valence electrons. The number of hydrogen-bond donors (Lipinski definition) is 2. The van der Waals surface area contributed by atoms with E-state index in [0.717, 1.165) is 25.9 Å². The lowest BCUT2D eigenvalue weighted by atomic mass is 9.82. The van der Waals surface area contributed by atoms with Crippen molar-refractivity contribution in [3.8, 4) is 0 Å². The molecule has 0 aromatic carbocycles. The lowest BCUT2D eigenvalue weighted by Gasteiger charge is -2.46. The summed E-state index contributed by atoms with van der Waals surface area (Å²) in [6.07, 6.45) is 5.67. The van der Waals surface area contributed by atoms with Crippen LogP contribution in [-0.2, 0) is 4.74 Å². The fourth-order valence-electron chi connectivity index (χ4n) is 3.48. The first-order valence-electron chi connectivity index (χ1n) is 7.48. The Morgan fingerprint density at radius 3 is 3.10 bits per heavy atom. The van der Waals surface area contributed by atoms with E-state index in [9.17, 15) is 9.90 Å². The Balaban J connectivity index is 1.61. The number of aromatic amines is 1. The average Bonchev–Trinajstić information content (AvgIpc) is 3.00. The molecule has 3 heterocycles. The van der Waals surface area contributed by atoms with E-state index in [2.05, 4.69) is 9.88 Å². The molecule has 1 aromatic heterocycles. The minimum atomic E-state index is -0.356. The molecule has 2 saturated heterocycles. The van der Waals surface area contributed by atoms with Crippen LogP contribution in [0.15, 0.2) is 18.3 Å². The molecule has 2 aliphatic heterocycles. The number of hydrogen-bond acceptors (Lipinski definition) is 4. The number of aliphatic hydroxyl groups is 1. The van der Waals surface area contributed by atoms with Crippen LogP contribution in [0.5, 0.6) is 0 Å². The highest BCUT2D eigenvalue weighted by Crippen LogP contribution is 2.31. The van der Waals surface area contributed by atoms with Crippen LogP contribution >= 0.6 is 0 Å². The summed E-state index contributed by atoms with van der Waals surface area (Å²) in [5, 5.41) is 10.2. The molecule has 5 heteroatoms. The number of ether oxygens (including phenoxy) is 1. The van der Waals surface area contributed by atoms with E-state index in [1.165, 1.54) is 12.8 Å². The number of aromatic nitrogens is 1. The molecule has 0 bridgehead atoms. The number of carbonyl (C=O) groups is 1. The summed E-state index contributed by atoms with van der Waals surface area (Å²) in [5.41, 5.74) is 0.468. The molecule has 2 N–H and O–H groups in total. The van der Waals surface area contributed by atoms with E-state index in [1.54, 1.807) is 18.3 Å². The van der Waals surface area contributed by atoms with Gasteiger partial charge in [0.05, 0.1) is 12.7 Å². The van der Waals surface area contributed by atoms with Crippen molar-refractivity contribution in [1.82, 2.24) is 9.88 Å². The monoisotopic (exact) mass is 278 g/mol. The number of carbonyl (C=O) groups excluding carboxylic acids is 1. The molecule has 20 heavy (non-hydrogen) atoms. The first kappa shape index (κ1) is 13.6. The maximum Gasteiger partial charge on any atom is 0.354 e. The van der Waals surface area contributed by atoms with Crippen LogP contribution in [0.4, 0.5) is 0 Å². The second-order valence-electron chi connectivity index (χ2n) is 5.80. The van der Waals surface area contributed by atoms with Gasteiger partial charge in [-0.25, -0.2) is 4.79 Å². The van der Waals surface area contributed by atoms with Gasteiger partial charge in [-0.2, -0.15) is 0 Å². The first-order chi connectivity index (χ1) is 9.75. The van der Waals surface area contributed by atoms with Gasteiger partial charge >= 0.3 is 5.97 Å². The third kappa shape index (κ3) is 2.74. The van der Waals surface area contributed by atoms with Crippen LogP contribution in [0.1, 0.15) is 36.2 Å². The number of nitrogens with zero attached hydrogens (tertiary/aromatic N) is 1. The van der Waals surface area contributed by atoms with Gasteiger partial charge in [-0.3, -0.25) is 4.90 Å². The van der Waals surface area contributed by atoms with E-state index < -0.39 is 0 Å². The molecular formula is C15H22N2O3. The number of rotatable bonds is 3. The van der Waals surface area contributed by atoms with E-state index in [0.29, 0.717) is 18.3 Å². The summed E-state index contributed by atoms with van der Waals surface area (Å²) >= 11 is 0. The number of nitrogens with one attached hydrogen (secondary N) is 1. The van der Waals surface area contributed by atoms with Crippen LogP contribution in [0, 0.1) is 5.92 Å². The summed E-state index contributed by atoms with van der Waals surface area (Å²) in [5.74, 6) is -0.293. The number of esters is 1. The fourth-order valence-corrected chi connectivity index (χ4v) is 3.48. The first-order valence-corrected chi connectivity index (χ1v) is 7.48. The SMILES string of the molecule is O=C(OCC1C(O)CCN2CCCCC12)c1ccc[nH]1. The van der Waals surface area contributed by atoms with E-state index in [4.69, 9.17) is 4.74 Å². The highest BCUT2D eigenvalue weighted by Gasteiger charge is 2.38. The maximum absolute atomic E-state index is 11.9. The Labute approximate surface area is 118 Å². The van der Waals surface area contributed by atoms with Gasteiger partial charge in [0.25, 0.3) is 0 Å². The molecule has 2 fully saturated rings. The molecule has 3 atom stereocenters. The Hall–Kier alpha value is -1.33. The largest absolute Gasteiger partial charge is 0.461 e. The molecule has 0 radical (unpaired) electrons. The quantitative estimate of drug-likeness (QED) is 0.820. The number of piperidine rings is 2. The van der Waals surface area contributed by atoms with Crippen molar-refractivity contribution in [2.75, 3.05) is 19.7 Å². The maximum atomic E-state index is 11.9. The molecule has 0 amide bonds. The second-order valence-corrected chi connectivity index (χ2v) is 5.80. The van der Waals surface area contributed by atoms with E-state index >= 15 is 0 Å². The number of aliphatic hydroxyl groups excluding tert-OH is 1. The van der Waals surface area contributed by atoms with Gasteiger partial charge < -0.3 is 14.8 Å². The van der Waals surface area contributed by atoms with Crippen LogP contribution < -0.4 is 0 Å². The number of H-pyrrole nitrogens is 1. The topological polar surface area (TPSA) is 65.6 Å². The minimum Gasteiger partial charge on any atom is -0.461 e. The van der Waals surface area contributed by atoms with Crippen LogP contribution in [0.3, 0.4) is 0 Å². The Morgan fingerprint density at radius 1 is 1.40 bits per heavy atom. The highest BCUT2D eigenvalue weighted by atomic mass is 16.5. The molecule has 0 saturated carbocycles. The molecule has 3 unspecified atom stereocenters. The Morgan fingerprint density at radius 2 is 2.30 bits per heavy atom. The van der Waals surface area contributed by atoms with Crippen molar-refractivity contribution >= 4 is 5.97 Å². The Kier molecular flexibility index (Phi) is 4.08. The second kappa shape index (κ2) is 5.97. The van der Waals surface area contributed by atoms with Crippen molar-refractivity contribution in [2.24, 2.45) is 5.92 Å². The summed E-state index contributed by atoms with van der Waals surface area (Å²) in [6.45, 7) is 2.38. The van der Waals surface area contributed by atoms with Crippen LogP contribution in [0.25, 0.3) is 0 Å². The van der Waals surface area contributed by atoms with Gasteiger partial charge in [0.2, 0.25) is 0 Å². The van der Waals surface area contributed by atoms with Crippen LogP contribution in [-0.4, -0.2) is 52.8 Å². The third-order valence-electron chi connectivity index (χ3n) is 4.59. The van der Waals surface area contributed by atoms with Gasteiger partial charge in [-0.1, -0.05) is 6.42 Å². The molecule has 0 spiro atoms. The van der Waals surface area contributed by atoms with E-state index in [1.807, 2.05) is 0 Å². The highest BCUT2D eigenvalue weighted by molar-refractivity contribution is 5.87. The predicted octanol–water partition coefficient (Wildman–Crippen LogP) is 1.41. The number of fused-ring (bicyclic) bond motifs is 1. The zero-order chi connectivity index (χ0) is 13.9. The van der Waals surface area contributed by atoms with Crippen molar-refractivity contribution in [2.45, 2.75) is 37.8 Å². The average molecular weight is 278 g/mol. The normalized spacial score (nSPS) is 30.8. The molecule has 2 aliphatic rings. The molecular weight excluding hydrogens is 256 g/mol. The zero-order valence-corrected chi connectivity index (χ0v) is 11.6. The summed E-state index contributed by atoms with van der Waals surface area (Å²) < 4.78 is 5.39. The van der Waals surface area contributed by atoms with Crippen molar-refractivity contribution in [1.29, 1.82) is 0 Å². The lowest BCUT2D eigenvalue weighted by molar-refractivity contribution is -0.0578.